The van der Waals surface area contributed by atoms with Crippen LogP contribution in [0, 0.1) is 0 Å². The van der Waals surface area contributed by atoms with Gasteiger partial charge < -0.3 is 15.1 Å². The summed E-state index contributed by atoms with van der Waals surface area (Å²) in [6, 6.07) is 7.69. The van der Waals surface area contributed by atoms with Crippen molar-refractivity contribution >= 4 is 35.2 Å². The predicted molar refractivity (Wildman–Crippen MR) is 107 cm³/mol. The van der Waals surface area contributed by atoms with Crippen LogP contribution in [0.1, 0.15) is 30.9 Å². The number of nitrogens with one attached hydrogen (secondary N) is 1. The number of benzene rings is 1. The molecule has 5 nitrogen and oxygen atoms in total. The van der Waals surface area contributed by atoms with Gasteiger partial charge in [0.05, 0.1) is 17.5 Å². The number of likely N-dealkylation sites (tertiary alicyclic amines) is 1. The highest BCUT2D eigenvalue weighted by Gasteiger charge is 2.28. The minimum Gasteiger partial charge on any atom is -0.342 e. The molecular weight excluding hydrogens is 370 g/mol. The Kier molecular flexibility index (Phi) is 7.23. The molecule has 2 saturated heterocycles. The van der Waals surface area contributed by atoms with Crippen LogP contribution in [0.15, 0.2) is 24.3 Å². The molecule has 1 aromatic rings. The van der Waals surface area contributed by atoms with E-state index < -0.39 is 0 Å². The van der Waals surface area contributed by atoms with Crippen LogP contribution in [-0.2, 0) is 9.59 Å². The second kappa shape index (κ2) is 9.62. The number of hydrogen-bond donors (Lipinski definition) is 1. The van der Waals surface area contributed by atoms with Gasteiger partial charge in [0.1, 0.15) is 0 Å². The lowest BCUT2D eigenvalue weighted by atomic mass is 10.0. The molecule has 0 bridgehead atoms. The molecule has 2 aliphatic heterocycles. The van der Waals surface area contributed by atoms with Crippen LogP contribution < -0.4 is 5.32 Å². The van der Waals surface area contributed by atoms with E-state index in [9.17, 15) is 9.59 Å². The molecule has 1 N–H and O–H groups in total. The molecule has 0 aliphatic carbocycles. The number of thioether (sulfide) groups is 1. The lowest BCUT2D eigenvalue weighted by molar-refractivity contribution is -0.131. The maximum absolute atomic E-state index is 12.7. The summed E-state index contributed by atoms with van der Waals surface area (Å²) < 4.78 is 0. The van der Waals surface area contributed by atoms with Crippen molar-refractivity contribution < 1.29 is 9.59 Å². The van der Waals surface area contributed by atoms with Crippen molar-refractivity contribution in [3.8, 4) is 0 Å². The summed E-state index contributed by atoms with van der Waals surface area (Å²) in [5.74, 6) is 0.984. The maximum atomic E-state index is 12.7. The van der Waals surface area contributed by atoms with E-state index in [1.54, 1.807) is 0 Å². The first kappa shape index (κ1) is 19.5. The highest BCUT2D eigenvalue weighted by Crippen LogP contribution is 2.25. The third-order valence-electron chi connectivity index (χ3n) is 4.96. The Morgan fingerprint density at radius 3 is 2.65 bits per heavy atom. The SMILES string of the molecule is O=C(CSCC(=O)N1CCNCC1c1cccc(Cl)c1)N1CCCCC1. The summed E-state index contributed by atoms with van der Waals surface area (Å²) in [5, 5.41) is 4.03. The summed E-state index contributed by atoms with van der Waals surface area (Å²) >= 11 is 7.54. The van der Waals surface area contributed by atoms with E-state index in [0.717, 1.165) is 44.6 Å². The summed E-state index contributed by atoms with van der Waals surface area (Å²) in [5.41, 5.74) is 1.05. The number of halogens is 1. The molecule has 1 unspecified atom stereocenters. The Bertz CT molecular complexity index is 637. The number of piperidine rings is 1. The van der Waals surface area contributed by atoms with Crippen molar-refractivity contribution in [1.29, 1.82) is 0 Å². The van der Waals surface area contributed by atoms with Gasteiger partial charge in [0, 0.05) is 37.7 Å². The molecule has 2 aliphatic rings. The number of rotatable bonds is 5. The molecule has 2 amide bonds. The molecule has 0 spiro atoms. The maximum Gasteiger partial charge on any atom is 0.233 e. The number of nitrogens with zero attached hydrogens (tertiary/aromatic N) is 2. The van der Waals surface area contributed by atoms with Gasteiger partial charge in [-0.1, -0.05) is 23.7 Å². The fourth-order valence-corrected chi connectivity index (χ4v) is 4.56. The second-order valence-electron chi connectivity index (χ2n) is 6.80. The zero-order valence-corrected chi connectivity index (χ0v) is 16.5. The number of carbonyl (C=O) groups is 2. The van der Waals surface area contributed by atoms with Crippen LogP contribution in [0.3, 0.4) is 0 Å². The molecule has 2 fully saturated rings. The third-order valence-corrected chi connectivity index (χ3v) is 6.09. The Balaban J connectivity index is 1.52. The second-order valence-corrected chi connectivity index (χ2v) is 8.22. The molecule has 0 aromatic heterocycles. The van der Waals surface area contributed by atoms with Crippen LogP contribution in [0.4, 0.5) is 0 Å². The van der Waals surface area contributed by atoms with Gasteiger partial charge in [-0.15, -0.1) is 11.8 Å². The van der Waals surface area contributed by atoms with E-state index in [2.05, 4.69) is 5.32 Å². The van der Waals surface area contributed by atoms with Gasteiger partial charge in [-0.3, -0.25) is 9.59 Å². The Hall–Kier alpha value is -1.24. The first-order valence-electron chi connectivity index (χ1n) is 9.26. The molecular formula is C19H26ClN3O2S. The fraction of sp³-hybridized carbons (Fsp3) is 0.579. The van der Waals surface area contributed by atoms with Gasteiger partial charge >= 0.3 is 0 Å². The fourth-order valence-electron chi connectivity index (χ4n) is 3.56. The van der Waals surface area contributed by atoms with Crippen LogP contribution in [0.5, 0.6) is 0 Å². The van der Waals surface area contributed by atoms with Crippen LogP contribution >= 0.6 is 23.4 Å². The zero-order valence-electron chi connectivity index (χ0n) is 15.0. The summed E-state index contributed by atoms with van der Waals surface area (Å²) in [6.45, 7) is 3.92. The average molecular weight is 396 g/mol. The van der Waals surface area contributed by atoms with Gasteiger partial charge in [-0.2, -0.15) is 0 Å². The van der Waals surface area contributed by atoms with E-state index >= 15 is 0 Å². The average Bonchev–Trinajstić information content (AvgIpc) is 2.68. The molecule has 142 valence electrons. The van der Waals surface area contributed by atoms with Crippen molar-refractivity contribution in [2.45, 2.75) is 25.3 Å². The number of piperazine rings is 1. The van der Waals surface area contributed by atoms with Gasteiger partial charge in [0.25, 0.3) is 0 Å². The highest BCUT2D eigenvalue weighted by atomic mass is 35.5. The van der Waals surface area contributed by atoms with Crippen molar-refractivity contribution in [1.82, 2.24) is 15.1 Å². The number of hydrogen-bond acceptors (Lipinski definition) is 4. The van der Waals surface area contributed by atoms with E-state index in [4.69, 9.17) is 11.6 Å². The van der Waals surface area contributed by atoms with E-state index in [1.807, 2.05) is 34.1 Å². The Morgan fingerprint density at radius 1 is 1.12 bits per heavy atom. The topological polar surface area (TPSA) is 52.7 Å². The standard InChI is InChI=1S/C19H26ClN3O2S/c20-16-6-4-5-15(11-16)17-12-21-7-10-23(17)19(25)14-26-13-18(24)22-8-2-1-3-9-22/h4-6,11,17,21H,1-3,7-10,12-14H2. The smallest absolute Gasteiger partial charge is 0.233 e. The van der Waals surface area contributed by atoms with Gasteiger partial charge in [0.2, 0.25) is 11.8 Å². The van der Waals surface area contributed by atoms with E-state index in [0.29, 0.717) is 23.1 Å². The predicted octanol–water partition coefficient (Wildman–Crippen LogP) is 2.56. The van der Waals surface area contributed by atoms with Crippen LogP contribution in [0.2, 0.25) is 5.02 Å². The zero-order chi connectivity index (χ0) is 18.4. The monoisotopic (exact) mass is 395 g/mol. The van der Waals surface area contributed by atoms with Crippen LogP contribution in [0.25, 0.3) is 0 Å². The molecule has 0 radical (unpaired) electrons. The van der Waals surface area contributed by atoms with Crippen molar-refractivity contribution in [3.63, 3.8) is 0 Å². The first-order chi connectivity index (χ1) is 12.6. The molecule has 1 aromatic carbocycles. The van der Waals surface area contributed by atoms with E-state index in [-0.39, 0.29) is 17.9 Å². The first-order valence-corrected chi connectivity index (χ1v) is 10.8. The minimum atomic E-state index is -0.00616. The third kappa shape index (κ3) is 5.15. The van der Waals surface area contributed by atoms with E-state index in [1.165, 1.54) is 18.2 Å². The van der Waals surface area contributed by atoms with Gasteiger partial charge in [0.15, 0.2) is 0 Å². The van der Waals surface area contributed by atoms with Crippen LogP contribution in [-0.4, -0.2) is 65.8 Å². The number of carbonyl (C=O) groups excluding carboxylic acids is 2. The molecule has 1 atom stereocenters. The minimum absolute atomic E-state index is 0.00616. The number of amides is 2. The molecule has 0 saturated carbocycles. The lowest BCUT2D eigenvalue weighted by Gasteiger charge is -2.36. The van der Waals surface area contributed by atoms with Crippen molar-refractivity contribution in [2.75, 3.05) is 44.2 Å². The van der Waals surface area contributed by atoms with Gasteiger partial charge in [-0.05, 0) is 37.0 Å². The summed E-state index contributed by atoms with van der Waals surface area (Å²) in [6.07, 6.45) is 3.40. The molecule has 3 rings (SSSR count). The largest absolute Gasteiger partial charge is 0.342 e. The molecule has 26 heavy (non-hydrogen) atoms. The lowest BCUT2D eigenvalue weighted by Crippen LogP contribution is -2.49. The molecule has 7 heteroatoms. The highest BCUT2D eigenvalue weighted by molar-refractivity contribution is 8.00. The summed E-state index contributed by atoms with van der Waals surface area (Å²) in [7, 11) is 0. The quantitative estimate of drug-likeness (QED) is 0.832. The molecule has 2 heterocycles. The van der Waals surface area contributed by atoms with Crippen molar-refractivity contribution in [2.24, 2.45) is 0 Å². The Morgan fingerprint density at radius 2 is 1.88 bits per heavy atom. The Labute approximate surface area is 164 Å². The normalized spacial score (nSPS) is 20.9. The summed E-state index contributed by atoms with van der Waals surface area (Å²) in [4.78, 5) is 28.8. The van der Waals surface area contributed by atoms with Crippen molar-refractivity contribution in [3.05, 3.63) is 34.9 Å². The van der Waals surface area contributed by atoms with Gasteiger partial charge in [-0.25, -0.2) is 0 Å².